The van der Waals surface area contributed by atoms with Gasteiger partial charge in [0.1, 0.15) is 11.2 Å². The Bertz CT molecular complexity index is 1820. The summed E-state index contributed by atoms with van der Waals surface area (Å²) in [6, 6.07) is 34.0. The molecule has 0 atom stereocenters. The van der Waals surface area contributed by atoms with Crippen LogP contribution in [-0.4, -0.2) is 18.9 Å². The van der Waals surface area contributed by atoms with Gasteiger partial charge in [0.2, 0.25) is 0 Å². The van der Waals surface area contributed by atoms with Crippen LogP contribution in [-0.2, 0) is 6.54 Å². The summed E-state index contributed by atoms with van der Waals surface area (Å²) < 4.78 is 4.50. The van der Waals surface area contributed by atoms with Gasteiger partial charge in [-0.3, -0.25) is 4.40 Å². The number of hydrogen-bond acceptors (Lipinski definition) is 2. The van der Waals surface area contributed by atoms with Crippen LogP contribution in [0.15, 0.2) is 103 Å². The molecule has 4 heterocycles. The van der Waals surface area contributed by atoms with Crippen LogP contribution >= 0.6 is 0 Å². The number of benzene rings is 3. The van der Waals surface area contributed by atoms with Crippen molar-refractivity contribution in [1.82, 2.24) is 18.9 Å². The van der Waals surface area contributed by atoms with E-state index in [4.69, 9.17) is 9.97 Å². The van der Waals surface area contributed by atoms with Gasteiger partial charge in [-0.05, 0) is 30.7 Å². The number of hydrogen-bond donors (Lipinski definition) is 0. The van der Waals surface area contributed by atoms with Crippen LogP contribution in [0.25, 0.3) is 49.9 Å². The maximum Gasteiger partial charge on any atom is 0.165 e. The molecule has 0 saturated carbocycles. The van der Waals surface area contributed by atoms with Crippen LogP contribution in [0.5, 0.6) is 0 Å². The molecule has 0 saturated heterocycles. The van der Waals surface area contributed by atoms with Crippen molar-refractivity contribution in [1.29, 1.82) is 0 Å². The molecule has 0 bridgehead atoms. The minimum Gasteiger partial charge on any atom is -0.334 e. The fourth-order valence-electron chi connectivity index (χ4n) is 5.05. The Kier molecular flexibility index (Phi) is 4.09. The van der Waals surface area contributed by atoms with Crippen LogP contribution in [0, 0.1) is 6.92 Å². The zero-order chi connectivity index (χ0) is 22.6. The van der Waals surface area contributed by atoms with E-state index in [1.807, 2.05) is 24.4 Å². The molecule has 0 N–H and O–H groups in total. The summed E-state index contributed by atoms with van der Waals surface area (Å²) in [7, 11) is 0. The van der Waals surface area contributed by atoms with Gasteiger partial charge in [-0.1, -0.05) is 84.4 Å². The van der Waals surface area contributed by atoms with Gasteiger partial charge in [0.05, 0.1) is 11.2 Å². The normalized spacial score (nSPS) is 11.8. The maximum absolute atomic E-state index is 5.27. The Hall–Kier alpha value is -4.44. The third kappa shape index (κ3) is 2.78. The number of rotatable bonds is 3. The molecule has 0 aliphatic rings. The molecule has 0 fully saturated rings. The average Bonchev–Trinajstić information content (AvgIpc) is 3.41. The molecule has 0 radical (unpaired) electrons. The highest BCUT2D eigenvalue weighted by atomic mass is 15.1. The third-order valence-electron chi connectivity index (χ3n) is 6.66. The molecule has 0 spiro atoms. The van der Waals surface area contributed by atoms with Crippen LogP contribution in [0.3, 0.4) is 0 Å². The quantitative estimate of drug-likeness (QED) is 0.297. The van der Waals surface area contributed by atoms with Gasteiger partial charge in [0.15, 0.2) is 5.65 Å². The molecular formula is C30H22N4. The second kappa shape index (κ2) is 7.29. The Morgan fingerprint density at radius 2 is 1.50 bits per heavy atom. The number of imidazole rings is 1. The summed E-state index contributed by atoms with van der Waals surface area (Å²) in [5.74, 6) is 0. The van der Waals surface area contributed by atoms with Crippen LogP contribution in [0.1, 0.15) is 11.1 Å². The Balaban J connectivity index is 1.69. The molecule has 0 amide bonds. The highest BCUT2D eigenvalue weighted by Crippen LogP contribution is 2.39. The second-order valence-electron chi connectivity index (χ2n) is 8.85. The molecule has 4 nitrogen and oxygen atoms in total. The maximum atomic E-state index is 5.27. The molecule has 7 rings (SSSR count). The van der Waals surface area contributed by atoms with Gasteiger partial charge >= 0.3 is 0 Å². The van der Waals surface area contributed by atoms with E-state index < -0.39 is 0 Å². The smallest absolute Gasteiger partial charge is 0.165 e. The number of aryl methyl sites for hydroxylation is 1. The minimum absolute atomic E-state index is 0.768. The van der Waals surface area contributed by atoms with Crippen molar-refractivity contribution >= 4 is 38.6 Å². The predicted octanol–water partition coefficient (Wildman–Crippen LogP) is 7.01. The van der Waals surface area contributed by atoms with Gasteiger partial charge in [-0.25, -0.2) is 9.97 Å². The lowest BCUT2D eigenvalue weighted by Gasteiger charge is -2.12. The van der Waals surface area contributed by atoms with E-state index in [2.05, 4.69) is 94.8 Å². The summed E-state index contributed by atoms with van der Waals surface area (Å²) in [5.41, 5.74) is 9.66. The van der Waals surface area contributed by atoms with Crippen molar-refractivity contribution in [2.45, 2.75) is 13.5 Å². The van der Waals surface area contributed by atoms with E-state index in [1.165, 1.54) is 22.0 Å². The third-order valence-corrected chi connectivity index (χ3v) is 6.66. The zero-order valence-corrected chi connectivity index (χ0v) is 18.8. The van der Waals surface area contributed by atoms with Gasteiger partial charge in [0, 0.05) is 34.6 Å². The molecule has 0 aliphatic heterocycles. The Morgan fingerprint density at radius 1 is 0.735 bits per heavy atom. The first-order valence-corrected chi connectivity index (χ1v) is 11.6. The Labute approximate surface area is 196 Å². The number of pyridine rings is 2. The van der Waals surface area contributed by atoms with E-state index in [-0.39, 0.29) is 0 Å². The fourth-order valence-corrected chi connectivity index (χ4v) is 5.05. The minimum atomic E-state index is 0.768. The van der Waals surface area contributed by atoms with Crippen LogP contribution in [0.4, 0.5) is 0 Å². The number of aromatic nitrogens is 4. The first kappa shape index (κ1) is 19.1. The second-order valence-corrected chi connectivity index (χ2v) is 8.85. The van der Waals surface area contributed by atoms with E-state index in [1.54, 1.807) is 0 Å². The standard InChI is InChI=1S/C30H22N4/c1-20-14-16-22(17-15-20)27-29-26(28-30(32-27)33-18-8-7-13-25(33)31-28)23-11-5-6-12-24(23)34(29)19-21-9-3-2-4-10-21/h2-18H,19H2,1H3. The van der Waals surface area contributed by atoms with Crippen molar-refractivity contribution in [3.63, 3.8) is 0 Å². The molecule has 7 aromatic rings. The van der Waals surface area contributed by atoms with E-state index in [0.717, 1.165) is 45.5 Å². The molecular weight excluding hydrogens is 416 g/mol. The van der Waals surface area contributed by atoms with Crippen molar-refractivity contribution in [2.24, 2.45) is 0 Å². The fraction of sp³-hybridized carbons (Fsp3) is 0.0667. The summed E-state index contributed by atoms with van der Waals surface area (Å²) in [5, 5.41) is 2.37. The number of nitrogens with zero attached hydrogens (tertiary/aromatic N) is 4. The van der Waals surface area contributed by atoms with Gasteiger partial charge in [0.25, 0.3) is 0 Å². The predicted molar refractivity (Wildman–Crippen MR) is 139 cm³/mol. The SMILES string of the molecule is Cc1ccc(-c2nc3c(nc4ccccn43)c3c4ccccc4n(Cc4ccccc4)c23)cc1. The highest BCUT2D eigenvalue weighted by Gasteiger charge is 2.22. The van der Waals surface area contributed by atoms with E-state index in [9.17, 15) is 0 Å². The molecule has 0 aliphatic carbocycles. The van der Waals surface area contributed by atoms with Crippen LogP contribution < -0.4 is 0 Å². The summed E-state index contributed by atoms with van der Waals surface area (Å²) in [4.78, 5) is 10.3. The lowest BCUT2D eigenvalue weighted by molar-refractivity contribution is 0.868. The average molecular weight is 439 g/mol. The molecule has 4 aromatic heterocycles. The largest absolute Gasteiger partial charge is 0.334 e. The first-order chi connectivity index (χ1) is 16.8. The molecule has 4 heteroatoms. The topological polar surface area (TPSA) is 35.1 Å². The highest BCUT2D eigenvalue weighted by molar-refractivity contribution is 6.21. The lowest BCUT2D eigenvalue weighted by Crippen LogP contribution is -2.02. The number of para-hydroxylation sites is 1. The van der Waals surface area contributed by atoms with Crippen molar-refractivity contribution < 1.29 is 0 Å². The van der Waals surface area contributed by atoms with Gasteiger partial charge in [-0.15, -0.1) is 0 Å². The van der Waals surface area contributed by atoms with Crippen molar-refractivity contribution in [3.8, 4) is 11.3 Å². The lowest BCUT2D eigenvalue weighted by atomic mass is 10.1. The Morgan fingerprint density at radius 3 is 2.35 bits per heavy atom. The summed E-state index contributed by atoms with van der Waals surface area (Å²) >= 11 is 0. The van der Waals surface area contributed by atoms with E-state index >= 15 is 0 Å². The van der Waals surface area contributed by atoms with Crippen LogP contribution in [0.2, 0.25) is 0 Å². The molecule has 0 unspecified atom stereocenters. The van der Waals surface area contributed by atoms with Gasteiger partial charge < -0.3 is 4.57 Å². The summed E-state index contributed by atoms with van der Waals surface area (Å²) in [6.07, 6.45) is 2.05. The summed E-state index contributed by atoms with van der Waals surface area (Å²) in [6.45, 7) is 2.89. The first-order valence-electron chi connectivity index (χ1n) is 11.6. The number of fused-ring (bicyclic) bond motifs is 7. The van der Waals surface area contributed by atoms with Crippen molar-refractivity contribution in [2.75, 3.05) is 0 Å². The van der Waals surface area contributed by atoms with Gasteiger partial charge in [-0.2, -0.15) is 0 Å². The monoisotopic (exact) mass is 438 g/mol. The molecule has 162 valence electrons. The van der Waals surface area contributed by atoms with Crippen molar-refractivity contribution in [3.05, 3.63) is 114 Å². The van der Waals surface area contributed by atoms with E-state index in [0.29, 0.717) is 0 Å². The zero-order valence-electron chi connectivity index (χ0n) is 18.8. The molecule has 3 aromatic carbocycles. The molecule has 34 heavy (non-hydrogen) atoms.